The Hall–Kier alpha value is 1.02. The first-order valence-corrected chi connectivity index (χ1v) is 2.10. The summed E-state index contributed by atoms with van der Waals surface area (Å²) >= 11 is 0. The average molecular weight is 255 g/mol. The third kappa shape index (κ3) is 169. The molecule has 43 valence electrons. The van der Waals surface area contributed by atoms with Crippen molar-refractivity contribution in [3.8, 4) is 0 Å². The Morgan fingerprint density at radius 1 is 1.14 bits per heavy atom. The Labute approximate surface area is 68.6 Å². The van der Waals surface area contributed by atoms with Crippen molar-refractivity contribution in [2.24, 2.45) is 0 Å². The van der Waals surface area contributed by atoms with Gasteiger partial charge in [-0.1, -0.05) is 0 Å². The van der Waals surface area contributed by atoms with Gasteiger partial charge in [-0.25, -0.2) is 0 Å². The standard InChI is InChI=1S/La.H2O4S.H2O/c;1-5(2,3)4;/h;(H2,1,2,3,4);1H2. The molecular formula is H4LaO5S. The summed E-state index contributed by atoms with van der Waals surface area (Å²) in [5.41, 5.74) is 0. The zero-order valence-corrected chi connectivity index (χ0v) is 7.64. The van der Waals surface area contributed by atoms with Crippen molar-refractivity contribution in [2.75, 3.05) is 0 Å². The van der Waals surface area contributed by atoms with E-state index in [1.165, 1.54) is 0 Å². The summed E-state index contributed by atoms with van der Waals surface area (Å²) in [6.07, 6.45) is 0. The van der Waals surface area contributed by atoms with Gasteiger partial charge in [-0.3, -0.25) is 9.11 Å². The van der Waals surface area contributed by atoms with Crippen LogP contribution in [0.15, 0.2) is 0 Å². The van der Waals surface area contributed by atoms with E-state index in [1.807, 2.05) is 0 Å². The van der Waals surface area contributed by atoms with Crippen LogP contribution in [0.1, 0.15) is 0 Å². The van der Waals surface area contributed by atoms with E-state index in [-0.39, 0.29) is 41.1 Å². The first-order chi connectivity index (χ1) is 2.00. The maximum absolute atomic E-state index is 8.74. The van der Waals surface area contributed by atoms with Gasteiger partial charge >= 0.3 is 10.4 Å². The molecule has 0 saturated heterocycles. The fraction of sp³-hybridized carbons (Fsp3) is 0. The molecule has 0 bridgehead atoms. The molecule has 0 unspecified atom stereocenters. The van der Waals surface area contributed by atoms with Crippen LogP contribution < -0.4 is 0 Å². The molecule has 0 aliphatic carbocycles. The molecule has 0 amide bonds. The summed E-state index contributed by atoms with van der Waals surface area (Å²) in [6, 6.07) is 0. The van der Waals surface area contributed by atoms with Crippen molar-refractivity contribution < 1.29 is 58.6 Å². The Bertz CT molecular complexity index is 91.2. The van der Waals surface area contributed by atoms with Gasteiger partial charge in [0.1, 0.15) is 0 Å². The van der Waals surface area contributed by atoms with Crippen LogP contribution in [0.5, 0.6) is 0 Å². The van der Waals surface area contributed by atoms with Crippen molar-refractivity contribution in [3.05, 3.63) is 0 Å². The molecular weight excluding hydrogens is 251 g/mol. The van der Waals surface area contributed by atoms with Crippen LogP contribution >= 0.6 is 0 Å². The van der Waals surface area contributed by atoms with Gasteiger partial charge in [0.15, 0.2) is 0 Å². The number of rotatable bonds is 0. The smallest absolute Gasteiger partial charge is 0.394 e. The van der Waals surface area contributed by atoms with E-state index in [9.17, 15) is 0 Å². The van der Waals surface area contributed by atoms with Gasteiger partial charge in [0, 0.05) is 35.6 Å². The minimum absolute atomic E-state index is 0. The number of hydrogen-bond acceptors (Lipinski definition) is 2. The zero-order chi connectivity index (χ0) is 4.50. The predicted molar refractivity (Wildman–Crippen MR) is 17.8 cm³/mol. The first kappa shape index (κ1) is 15.7. The molecule has 0 heterocycles. The monoisotopic (exact) mass is 255 g/mol. The van der Waals surface area contributed by atoms with Gasteiger partial charge in [-0.05, 0) is 0 Å². The first-order valence-electron chi connectivity index (χ1n) is 0.698. The zero-order valence-electron chi connectivity index (χ0n) is 3.20. The molecule has 0 aromatic heterocycles. The van der Waals surface area contributed by atoms with Gasteiger partial charge < -0.3 is 5.48 Å². The van der Waals surface area contributed by atoms with Crippen molar-refractivity contribution in [1.29, 1.82) is 0 Å². The van der Waals surface area contributed by atoms with E-state index >= 15 is 0 Å². The van der Waals surface area contributed by atoms with Gasteiger partial charge in [0.05, 0.1) is 0 Å². The minimum Gasteiger partial charge on any atom is -0.412 e. The summed E-state index contributed by atoms with van der Waals surface area (Å²) in [5.74, 6) is 0. The molecule has 4 N–H and O–H groups in total. The second-order valence-corrected chi connectivity index (χ2v) is 1.34. The van der Waals surface area contributed by atoms with Crippen molar-refractivity contribution >= 4 is 10.4 Å². The molecule has 0 fully saturated rings. The van der Waals surface area contributed by atoms with Gasteiger partial charge in [0.2, 0.25) is 0 Å². The summed E-state index contributed by atoms with van der Waals surface area (Å²) in [5, 5.41) is 0. The molecule has 0 rings (SSSR count). The normalized spacial score (nSPS) is 8.29. The molecule has 7 heavy (non-hydrogen) atoms. The van der Waals surface area contributed by atoms with E-state index in [0.717, 1.165) is 0 Å². The van der Waals surface area contributed by atoms with Crippen LogP contribution in [-0.2, 0) is 10.4 Å². The van der Waals surface area contributed by atoms with Gasteiger partial charge in [-0.15, -0.1) is 0 Å². The second kappa shape index (κ2) is 5.17. The van der Waals surface area contributed by atoms with Crippen LogP contribution in [0.25, 0.3) is 0 Å². The molecule has 0 aromatic rings. The topological polar surface area (TPSA) is 106 Å². The molecule has 0 aliphatic rings. The largest absolute Gasteiger partial charge is 0.412 e. The van der Waals surface area contributed by atoms with Crippen molar-refractivity contribution in [3.63, 3.8) is 0 Å². The van der Waals surface area contributed by atoms with E-state index < -0.39 is 10.4 Å². The third-order valence-corrected chi connectivity index (χ3v) is 0. The Morgan fingerprint density at radius 3 is 1.14 bits per heavy atom. The van der Waals surface area contributed by atoms with Gasteiger partial charge in [0.25, 0.3) is 0 Å². The van der Waals surface area contributed by atoms with Crippen LogP contribution in [0.4, 0.5) is 0 Å². The molecule has 0 aliphatic heterocycles. The maximum atomic E-state index is 8.74. The summed E-state index contributed by atoms with van der Waals surface area (Å²) in [4.78, 5) is 0. The van der Waals surface area contributed by atoms with Crippen LogP contribution in [0.3, 0.4) is 0 Å². The average Bonchev–Trinajstić information content (AvgIpc) is 0.722. The molecule has 0 atom stereocenters. The van der Waals surface area contributed by atoms with Crippen LogP contribution in [-0.4, -0.2) is 23.0 Å². The fourth-order valence-corrected chi connectivity index (χ4v) is 0. The Morgan fingerprint density at radius 2 is 1.14 bits per heavy atom. The van der Waals surface area contributed by atoms with E-state index in [4.69, 9.17) is 17.5 Å². The maximum Gasteiger partial charge on any atom is 0.394 e. The van der Waals surface area contributed by atoms with E-state index in [0.29, 0.717) is 0 Å². The molecule has 0 saturated carbocycles. The summed E-state index contributed by atoms with van der Waals surface area (Å²) < 4.78 is 31.6. The van der Waals surface area contributed by atoms with Gasteiger partial charge in [-0.2, -0.15) is 8.42 Å². The van der Waals surface area contributed by atoms with Crippen LogP contribution in [0, 0.1) is 35.6 Å². The molecule has 1 radical (unpaired) electrons. The second-order valence-electron chi connectivity index (χ2n) is 0.448. The summed E-state index contributed by atoms with van der Waals surface area (Å²) in [6.45, 7) is 0. The molecule has 0 aromatic carbocycles. The Balaban J connectivity index is -0.0000000800. The minimum atomic E-state index is -4.67. The third-order valence-electron chi connectivity index (χ3n) is 0. The molecule has 7 heteroatoms. The summed E-state index contributed by atoms with van der Waals surface area (Å²) in [7, 11) is -4.67. The molecule has 5 nitrogen and oxygen atoms in total. The fourth-order valence-electron chi connectivity index (χ4n) is 0. The number of hydrogen-bond donors (Lipinski definition) is 2. The van der Waals surface area contributed by atoms with E-state index in [2.05, 4.69) is 0 Å². The molecule has 0 spiro atoms. The Kier molecular flexibility index (Phi) is 11.6. The SMILES string of the molecule is O.O=S(=O)(O)O.[La]. The van der Waals surface area contributed by atoms with Crippen LogP contribution in [0.2, 0.25) is 0 Å². The predicted octanol–water partition coefficient (Wildman–Crippen LogP) is -1.48. The van der Waals surface area contributed by atoms with Crippen molar-refractivity contribution in [2.45, 2.75) is 0 Å². The van der Waals surface area contributed by atoms with Crippen molar-refractivity contribution in [1.82, 2.24) is 0 Å². The van der Waals surface area contributed by atoms with E-state index in [1.54, 1.807) is 0 Å². The quantitative estimate of drug-likeness (QED) is 0.515.